The molecule has 2 aromatic heterocycles. The van der Waals surface area contributed by atoms with Crippen LogP contribution in [0.15, 0.2) is 36.6 Å². The van der Waals surface area contributed by atoms with E-state index in [1.165, 1.54) is 18.2 Å². The van der Waals surface area contributed by atoms with Crippen molar-refractivity contribution >= 4 is 15.9 Å². The van der Waals surface area contributed by atoms with Crippen LogP contribution in [-0.2, 0) is 6.42 Å². The molecule has 1 aromatic carbocycles. The fourth-order valence-corrected chi connectivity index (χ4v) is 2.40. The number of nitrogens with zero attached hydrogens (tertiary/aromatic N) is 4. The number of aliphatic hydroxyl groups is 1. The molecule has 8 nitrogen and oxygen atoms in total. The van der Waals surface area contributed by atoms with E-state index in [-0.39, 0.29) is 22.6 Å². The van der Waals surface area contributed by atoms with Crippen LogP contribution in [0.4, 0.5) is 4.39 Å². The zero-order valence-corrected chi connectivity index (χ0v) is 13.2. The largest absolute Gasteiger partial charge is 0.446 e. The first kappa shape index (κ1) is 15.6. The van der Waals surface area contributed by atoms with Crippen molar-refractivity contribution in [3.8, 4) is 17.2 Å². The first-order chi connectivity index (χ1) is 11.1. The maximum atomic E-state index is 13.4. The molecule has 0 saturated heterocycles. The highest BCUT2D eigenvalue weighted by atomic mass is 79.9. The zero-order valence-electron chi connectivity index (χ0n) is 11.6. The Morgan fingerprint density at radius 2 is 2.13 bits per heavy atom. The number of aryl methyl sites for hydroxylation is 1. The van der Waals surface area contributed by atoms with E-state index in [1.54, 1.807) is 0 Å². The normalized spacial score (nSPS) is 11.1. The smallest absolute Gasteiger partial charge is 0.396 e. The maximum absolute atomic E-state index is 13.4. The molecule has 0 aliphatic rings. The van der Waals surface area contributed by atoms with Crippen LogP contribution < -0.4 is 5.76 Å². The third-order valence-corrected chi connectivity index (χ3v) is 3.71. The molecule has 3 rings (SSSR count). The van der Waals surface area contributed by atoms with E-state index in [0.717, 1.165) is 4.57 Å². The summed E-state index contributed by atoms with van der Waals surface area (Å²) in [6.07, 6.45) is 0.842. The molecule has 0 unspecified atom stereocenters. The molecule has 0 saturated carbocycles. The van der Waals surface area contributed by atoms with Gasteiger partial charge < -0.3 is 5.11 Å². The highest BCUT2D eigenvalue weighted by Gasteiger charge is 2.22. The van der Waals surface area contributed by atoms with Gasteiger partial charge in [0.25, 0.3) is 0 Å². The summed E-state index contributed by atoms with van der Waals surface area (Å²) >= 11 is 3.06. The summed E-state index contributed by atoms with van der Waals surface area (Å²) in [7, 11) is 0. The SMILES string of the molecule is O=c1onc(-c2nonc2CCCO)n1-c1ccc(F)c(Br)c1. The minimum absolute atomic E-state index is 0.0250. The second-order valence-electron chi connectivity index (χ2n) is 4.59. The van der Waals surface area contributed by atoms with Crippen LogP contribution in [0.2, 0.25) is 0 Å². The van der Waals surface area contributed by atoms with Crippen molar-refractivity contribution in [2.45, 2.75) is 12.8 Å². The second-order valence-corrected chi connectivity index (χ2v) is 5.45. The number of benzene rings is 1. The average molecular weight is 385 g/mol. The zero-order chi connectivity index (χ0) is 16.4. The van der Waals surface area contributed by atoms with E-state index in [4.69, 9.17) is 14.3 Å². The Hall–Kier alpha value is -2.33. The van der Waals surface area contributed by atoms with Crippen LogP contribution in [0.25, 0.3) is 17.2 Å². The highest BCUT2D eigenvalue weighted by Crippen LogP contribution is 2.24. The Labute approximate surface area is 136 Å². The lowest BCUT2D eigenvalue weighted by Crippen LogP contribution is -2.14. The van der Waals surface area contributed by atoms with Crippen molar-refractivity contribution < 1.29 is 18.6 Å². The predicted molar refractivity (Wildman–Crippen MR) is 78.5 cm³/mol. The third kappa shape index (κ3) is 2.94. The van der Waals surface area contributed by atoms with Gasteiger partial charge in [0.2, 0.25) is 5.82 Å². The molecule has 0 spiro atoms. The minimum atomic E-state index is -0.755. The number of hydrogen-bond acceptors (Lipinski definition) is 7. The van der Waals surface area contributed by atoms with Gasteiger partial charge in [-0.15, -0.1) is 0 Å². The quantitative estimate of drug-likeness (QED) is 0.712. The Morgan fingerprint density at radius 3 is 2.87 bits per heavy atom. The van der Waals surface area contributed by atoms with Crippen LogP contribution >= 0.6 is 15.9 Å². The molecule has 3 aromatic rings. The summed E-state index contributed by atoms with van der Waals surface area (Å²) in [5, 5.41) is 20.1. The molecule has 120 valence electrons. The van der Waals surface area contributed by atoms with Gasteiger partial charge in [0.1, 0.15) is 11.5 Å². The molecule has 0 fully saturated rings. The van der Waals surface area contributed by atoms with Gasteiger partial charge in [-0.3, -0.25) is 4.52 Å². The first-order valence-corrected chi connectivity index (χ1v) is 7.38. The summed E-state index contributed by atoms with van der Waals surface area (Å²) in [4.78, 5) is 12.0. The Balaban J connectivity index is 2.11. The fourth-order valence-electron chi connectivity index (χ4n) is 2.04. The first-order valence-electron chi connectivity index (χ1n) is 6.58. The number of rotatable bonds is 5. The number of aromatic nitrogens is 4. The van der Waals surface area contributed by atoms with Gasteiger partial charge in [0.15, 0.2) is 5.69 Å². The van der Waals surface area contributed by atoms with Gasteiger partial charge in [0, 0.05) is 6.61 Å². The van der Waals surface area contributed by atoms with Gasteiger partial charge in [0.05, 0.1) is 10.2 Å². The van der Waals surface area contributed by atoms with Gasteiger partial charge in [-0.2, -0.15) is 0 Å². The fraction of sp³-hybridized carbons (Fsp3) is 0.231. The summed E-state index contributed by atoms with van der Waals surface area (Å²) in [5.74, 6) is -1.14. The van der Waals surface area contributed by atoms with Gasteiger partial charge >= 0.3 is 5.76 Å². The van der Waals surface area contributed by atoms with Crippen LogP contribution in [-0.4, -0.2) is 31.8 Å². The Kier molecular flexibility index (Phi) is 4.35. The lowest BCUT2D eigenvalue weighted by molar-refractivity contribution is 0.282. The van der Waals surface area contributed by atoms with Crippen molar-refractivity contribution in [2.75, 3.05) is 6.61 Å². The van der Waals surface area contributed by atoms with Crippen molar-refractivity contribution in [3.63, 3.8) is 0 Å². The van der Waals surface area contributed by atoms with Crippen molar-refractivity contribution in [1.82, 2.24) is 20.0 Å². The van der Waals surface area contributed by atoms with Crippen molar-refractivity contribution in [2.24, 2.45) is 0 Å². The highest BCUT2D eigenvalue weighted by molar-refractivity contribution is 9.10. The van der Waals surface area contributed by atoms with Crippen LogP contribution in [0, 0.1) is 5.82 Å². The van der Waals surface area contributed by atoms with E-state index in [1.807, 2.05) is 0 Å². The molecular formula is C13H10BrFN4O4. The minimum Gasteiger partial charge on any atom is -0.396 e. The van der Waals surface area contributed by atoms with Gasteiger partial charge in [-0.05, 0) is 52.1 Å². The number of aliphatic hydroxyl groups excluding tert-OH is 1. The number of halogens is 2. The third-order valence-electron chi connectivity index (χ3n) is 3.11. The van der Waals surface area contributed by atoms with Crippen LogP contribution in [0.1, 0.15) is 12.1 Å². The van der Waals surface area contributed by atoms with Crippen LogP contribution in [0.3, 0.4) is 0 Å². The van der Waals surface area contributed by atoms with Gasteiger partial charge in [-0.1, -0.05) is 10.3 Å². The summed E-state index contributed by atoms with van der Waals surface area (Å²) in [6, 6.07) is 4.03. The molecule has 0 radical (unpaired) electrons. The van der Waals surface area contributed by atoms with E-state index in [9.17, 15) is 9.18 Å². The second kappa shape index (κ2) is 6.42. The molecule has 0 aliphatic carbocycles. The molecule has 10 heteroatoms. The molecule has 2 heterocycles. The molecule has 23 heavy (non-hydrogen) atoms. The summed E-state index contributed by atoms with van der Waals surface area (Å²) in [5.41, 5.74) is 1.00. The Bertz CT molecular complexity index is 888. The lowest BCUT2D eigenvalue weighted by atomic mass is 10.2. The molecular weight excluding hydrogens is 375 g/mol. The molecule has 0 aliphatic heterocycles. The Morgan fingerprint density at radius 1 is 1.30 bits per heavy atom. The van der Waals surface area contributed by atoms with Crippen molar-refractivity contribution in [1.29, 1.82) is 0 Å². The van der Waals surface area contributed by atoms with Crippen LogP contribution in [0.5, 0.6) is 0 Å². The summed E-state index contributed by atoms with van der Waals surface area (Å²) in [6.45, 7) is -0.0250. The molecule has 0 bridgehead atoms. The topological polar surface area (TPSA) is 107 Å². The number of hydrogen-bond donors (Lipinski definition) is 1. The van der Waals surface area contributed by atoms with Gasteiger partial charge in [-0.25, -0.2) is 18.4 Å². The van der Waals surface area contributed by atoms with E-state index >= 15 is 0 Å². The standard InChI is InChI=1S/C13H10BrFN4O4/c14-8-6-7(3-4-9(8)15)19-12(18-22-13(19)21)11-10(2-1-5-20)16-23-17-11/h3-4,6,20H,1-2,5H2. The molecule has 0 amide bonds. The molecule has 0 atom stereocenters. The monoisotopic (exact) mass is 384 g/mol. The van der Waals surface area contributed by atoms with E-state index in [0.29, 0.717) is 24.2 Å². The van der Waals surface area contributed by atoms with E-state index < -0.39 is 11.6 Å². The average Bonchev–Trinajstić information content (AvgIpc) is 3.14. The molecule has 1 N–H and O–H groups in total. The lowest BCUT2D eigenvalue weighted by Gasteiger charge is -2.04. The predicted octanol–water partition coefficient (Wildman–Crippen LogP) is 1.70. The van der Waals surface area contributed by atoms with E-state index in [2.05, 4.69) is 31.4 Å². The summed E-state index contributed by atoms with van der Waals surface area (Å²) < 4.78 is 24.1. The van der Waals surface area contributed by atoms with Crippen molar-refractivity contribution in [3.05, 3.63) is 44.7 Å². The maximum Gasteiger partial charge on any atom is 0.446 e.